The van der Waals surface area contributed by atoms with Crippen molar-refractivity contribution in [2.24, 2.45) is 0 Å². The van der Waals surface area contributed by atoms with Crippen LogP contribution in [0.3, 0.4) is 0 Å². The summed E-state index contributed by atoms with van der Waals surface area (Å²) in [6.07, 6.45) is 1.16. The summed E-state index contributed by atoms with van der Waals surface area (Å²) in [6.45, 7) is 3.88. The van der Waals surface area contributed by atoms with Crippen molar-refractivity contribution >= 4 is 25.6 Å². The van der Waals surface area contributed by atoms with E-state index >= 15 is 0 Å². The Morgan fingerprint density at radius 2 is 2.20 bits per heavy atom. The van der Waals surface area contributed by atoms with Gasteiger partial charge in [-0.1, -0.05) is 12.1 Å². The summed E-state index contributed by atoms with van der Waals surface area (Å²) in [6, 6.07) is 5.64. The van der Waals surface area contributed by atoms with Crippen LogP contribution >= 0.6 is 0 Å². The molecule has 0 aliphatic heterocycles. The number of nitrogens with zero attached hydrogens (tertiary/aromatic N) is 2. The van der Waals surface area contributed by atoms with Crippen molar-refractivity contribution < 1.29 is 0 Å². The van der Waals surface area contributed by atoms with Gasteiger partial charge in [-0.2, -0.15) is 0 Å². The molecular formula is C10H15BN4. The zero-order chi connectivity index (χ0) is 11.4. The molecule has 5 heteroatoms. The number of aromatic nitrogens is 1. The Bertz CT molecular complexity index is 375. The standard InChI is InChI=1S/C10H15BN4/c1-7(2)15(6-12)10(13)8-4-3-5-9(11)14-8/h3-7,12-13H,11H2,1-2H3. The Kier molecular flexibility index (Phi) is 3.60. The molecule has 0 aliphatic carbocycles. The lowest BCUT2D eigenvalue weighted by Gasteiger charge is -2.23. The summed E-state index contributed by atoms with van der Waals surface area (Å²) in [5.74, 6) is 0.267. The van der Waals surface area contributed by atoms with Crippen molar-refractivity contribution in [3.05, 3.63) is 23.9 Å². The number of pyridine rings is 1. The van der Waals surface area contributed by atoms with Crippen LogP contribution in [0.15, 0.2) is 18.2 Å². The Labute approximate surface area is 90.8 Å². The number of hydrogen-bond acceptors (Lipinski definition) is 3. The van der Waals surface area contributed by atoms with E-state index in [0.29, 0.717) is 5.69 Å². The Hall–Kier alpha value is -1.65. The SMILES string of the molecule is Bc1cccc(C(=N)N(C=N)C(C)C)n1. The minimum Gasteiger partial charge on any atom is -0.314 e. The second kappa shape index (κ2) is 4.73. The van der Waals surface area contributed by atoms with Crippen LogP contribution in [0.5, 0.6) is 0 Å². The molecule has 0 saturated carbocycles. The number of rotatable bonds is 3. The summed E-state index contributed by atoms with van der Waals surface area (Å²) in [4.78, 5) is 5.83. The lowest BCUT2D eigenvalue weighted by atomic mass is 10.0. The van der Waals surface area contributed by atoms with Crippen molar-refractivity contribution in [1.29, 1.82) is 10.8 Å². The normalized spacial score (nSPS) is 10.1. The zero-order valence-electron chi connectivity index (χ0n) is 9.28. The van der Waals surface area contributed by atoms with E-state index in [1.54, 1.807) is 11.0 Å². The number of hydrogen-bond donors (Lipinski definition) is 2. The van der Waals surface area contributed by atoms with Crippen molar-refractivity contribution in [3.63, 3.8) is 0 Å². The van der Waals surface area contributed by atoms with Gasteiger partial charge in [0.05, 0.1) is 6.34 Å². The molecule has 0 aliphatic rings. The number of nitrogens with one attached hydrogen (secondary N) is 2. The number of amidine groups is 1. The average Bonchev–Trinajstić information content (AvgIpc) is 2.18. The molecule has 0 atom stereocenters. The molecule has 0 bridgehead atoms. The molecule has 1 rings (SSSR count). The fraction of sp³-hybridized carbons (Fsp3) is 0.300. The summed E-state index contributed by atoms with van der Waals surface area (Å²) in [5, 5.41) is 15.2. The van der Waals surface area contributed by atoms with E-state index in [1.165, 1.54) is 0 Å². The molecule has 0 aromatic carbocycles. The summed E-state index contributed by atoms with van der Waals surface area (Å²) in [5.41, 5.74) is 1.48. The maximum atomic E-state index is 7.93. The monoisotopic (exact) mass is 202 g/mol. The molecule has 1 heterocycles. The van der Waals surface area contributed by atoms with Crippen molar-refractivity contribution in [2.45, 2.75) is 19.9 Å². The molecule has 15 heavy (non-hydrogen) atoms. The first-order valence-corrected chi connectivity index (χ1v) is 4.87. The molecule has 0 unspecified atom stereocenters. The lowest BCUT2D eigenvalue weighted by Crippen LogP contribution is -2.36. The van der Waals surface area contributed by atoms with Crippen LogP contribution < -0.4 is 5.59 Å². The van der Waals surface area contributed by atoms with E-state index in [2.05, 4.69) is 4.98 Å². The fourth-order valence-electron chi connectivity index (χ4n) is 1.28. The molecular weight excluding hydrogens is 187 g/mol. The highest BCUT2D eigenvalue weighted by molar-refractivity contribution is 6.30. The first kappa shape index (κ1) is 11.4. The van der Waals surface area contributed by atoms with Gasteiger partial charge in [0, 0.05) is 6.04 Å². The molecule has 1 aromatic rings. The highest BCUT2D eigenvalue weighted by atomic mass is 15.2. The minimum atomic E-state index is 0.0947. The Morgan fingerprint density at radius 1 is 1.53 bits per heavy atom. The molecule has 0 radical (unpaired) electrons. The van der Waals surface area contributed by atoms with Crippen molar-refractivity contribution in [1.82, 2.24) is 9.88 Å². The predicted octanol–water partition coefficient (Wildman–Crippen LogP) is -0.0172. The van der Waals surface area contributed by atoms with Gasteiger partial charge < -0.3 is 4.90 Å². The molecule has 2 N–H and O–H groups in total. The predicted molar refractivity (Wildman–Crippen MR) is 65.0 cm³/mol. The summed E-state index contributed by atoms with van der Waals surface area (Å²) < 4.78 is 0. The van der Waals surface area contributed by atoms with Crippen molar-refractivity contribution in [2.75, 3.05) is 0 Å². The van der Waals surface area contributed by atoms with E-state index in [1.807, 2.05) is 33.8 Å². The van der Waals surface area contributed by atoms with Gasteiger partial charge in [-0.25, -0.2) is 0 Å². The van der Waals surface area contributed by atoms with Crippen LogP contribution in [-0.4, -0.2) is 35.9 Å². The maximum Gasteiger partial charge on any atom is 0.163 e. The third-order valence-corrected chi connectivity index (χ3v) is 2.08. The van der Waals surface area contributed by atoms with Crippen LogP contribution in [0.1, 0.15) is 19.5 Å². The van der Waals surface area contributed by atoms with Crippen LogP contribution in [0, 0.1) is 10.8 Å². The van der Waals surface area contributed by atoms with Gasteiger partial charge >= 0.3 is 0 Å². The van der Waals surface area contributed by atoms with Gasteiger partial charge in [0.2, 0.25) is 0 Å². The van der Waals surface area contributed by atoms with Gasteiger partial charge in [0.15, 0.2) is 13.7 Å². The molecule has 4 nitrogen and oxygen atoms in total. The van der Waals surface area contributed by atoms with E-state index in [9.17, 15) is 0 Å². The van der Waals surface area contributed by atoms with Gasteiger partial charge in [-0.05, 0) is 25.5 Å². The second-order valence-electron chi connectivity index (χ2n) is 3.64. The Morgan fingerprint density at radius 3 is 2.67 bits per heavy atom. The van der Waals surface area contributed by atoms with Crippen LogP contribution in [0.4, 0.5) is 0 Å². The first-order valence-electron chi connectivity index (χ1n) is 4.87. The highest BCUT2D eigenvalue weighted by Gasteiger charge is 2.13. The van der Waals surface area contributed by atoms with E-state index in [-0.39, 0.29) is 11.9 Å². The third-order valence-electron chi connectivity index (χ3n) is 2.08. The lowest BCUT2D eigenvalue weighted by molar-refractivity contribution is 0.507. The third kappa shape index (κ3) is 2.65. The topological polar surface area (TPSA) is 63.8 Å². The van der Waals surface area contributed by atoms with E-state index < -0.39 is 0 Å². The minimum absolute atomic E-state index is 0.0947. The highest BCUT2D eigenvalue weighted by Crippen LogP contribution is 2.02. The zero-order valence-corrected chi connectivity index (χ0v) is 9.28. The Balaban J connectivity index is 2.98. The van der Waals surface area contributed by atoms with Crippen LogP contribution in [0.2, 0.25) is 0 Å². The molecule has 0 amide bonds. The summed E-state index contributed by atoms with van der Waals surface area (Å²) >= 11 is 0. The van der Waals surface area contributed by atoms with E-state index in [0.717, 1.165) is 11.9 Å². The molecule has 78 valence electrons. The fourth-order valence-corrected chi connectivity index (χ4v) is 1.28. The average molecular weight is 202 g/mol. The summed E-state index contributed by atoms with van der Waals surface area (Å²) in [7, 11) is 1.89. The molecule has 0 saturated heterocycles. The van der Waals surface area contributed by atoms with Crippen LogP contribution in [0.25, 0.3) is 0 Å². The molecule has 1 aromatic heterocycles. The largest absolute Gasteiger partial charge is 0.314 e. The van der Waals surface area contributed by atoms with Gasteiger partial charge in [-0.15, -0.1) is 0 Å². The molecule has 0 fully saturated rings. The van der Waals surface area contributed by atoms with Crippen LogP contribution in [-0.2, 0) is 0 Å². The van der Waals surface area contributed by atoms with Gasteiger partial charge in [0.1, 0.15) is 5.69 Å². The van der Waals surface area contributed by atoms with Gasteiger partial charge in [-0.3, -0.25) is 15.8 Å². The quantitative estimate of drug-likeness (QED) is 0.411. The van der Waals surface area contributed by atoms with Crippen molar-refractivity contribution in [3.8, 4) is 0 Å². The maximum absolute atomic E-state index is 7.93. The molecule has 0 spiro atoms. The second-order valence-corrected chi connectivity index (χ2v) is 3.64. The smallest absolute Gasteiger partial charge is 0.163 e. The van der Waals surface area contributed by atoms with Gasteiger partial charge in [0.25, 0.3) is 0 Å². The van der Waals surface area contributed by atoms with E-state index in [4.69, 9.17) is 10.8 Å². The first-order chi connectivity index (χ1) is 7.06.